The molecule has 2 heterocycles. The van der Waals surface area contributed by atoms with E-state index in [1.807, 2.05) is 17.0 Å². The van der Waals surface area contributed by atoms with Crippen LogP contribution < -0.4 is 10.1 Å². The molecule has 1 atom stereocenters. The minimum absolute atomic E-state index is 0.122. The summed E-state index contributed by atoms with van der Waals surface area (Å²) in [6.45, 7) is 3.62. The number of likely N-dealkylation sites (tertiary alicyclic amines) is 1. The minimum Gasteiger partial charge on any atom is -0.495 e. The predicted octanol–water partition coefficient (Wildman–Crippen LogP) is 3.21. The highest BCUT2D eigenvalue weighted by molar-refractivity contribution is 6.06. The highest BCUT2D eigenvalue weighted by Gasteiger charge is 2.23. The number of carbonyl (C=O) groups is 2. The van der Waals surface area contributed by atoms with E-state index >= 15 is 0 Å². The number of para-hydroxylation sites is 2. The summed E-state index contributed by atoms with van der Waals surface area (Å²) in [5, 5.41) is 2.81. The number of hydrogen-bond donors (Lipinski definition) is 1. The molecule has 1 saturated heterocycles. The molecule has 6 heteroatoms. The van der Waals surface area contributed by atoms with Crippen LogP contribution in [0.1, 0.15) is 40.6 Å². The van der Waals surface area contributed by atoms with Gasteiger partial charge in [-0.25, -0.2) is 0 Å². The number of benzene rings is 1. The van der Waals surface area contributed by atoms with Gasteiger partial charge in [0.1, 0.15) is 11.4 Å². The third-order valence-corrected chi connectivity index (χ3v) is 4.54. The van der Waals surface area contributed by atoms with Crippen molar-refractivity contribution in [3.05, 3.63) is 53.9 Å². The van der Waals surface area contributed by atoms with Crippen molar-refractivity contribution in [2.45, 2.75) is 19.8 Å². The lowest BCUT2D eigenvalue weighted by atomic mass is 10.00. The van der Waals surface area contributed by atoms with Gasteiger partial charge in [0.2, 0.25) is 0 Å². The molecule has 1 aromatic carbocycles. The quantitative estimate of drug-likeness (QED) is 0.916. The van der Waals surface area contributed by atoms with E-state index in [-0.39, 0.29) is 11.8 Å². The van der Waals surface area contributed by atoms with Crippen LogP contribution in [0.4, 0.5) is 5.69 Å². The zero-order chi connectivity index (χ0) is 18.5. The summed E-state index contributed by atoms with van der Waals surface area (Å²) in [4.78, 5) is 31.2. The molecule has 0 aliphatic carbocycles. The van der Waals surface area contributed by atoms with Gasteiger partial charge in [-0.15, -0.1) is 0 Å². The predicted molar refractivity (Wildman–Crippen MR) is 99.5 cm³/mol. The number of nitrogens with zero attached hydrogens (tertiary/aromatic N) is 2. The van der Waals surface area contributed by atoms with Crippen LogP contribution in [0.2, 0.25) is 0 Å². The van der Waals surface area contributed by atoms with Gasteiger partial charge in [0.25, 0.3) is 11.8 Å². The van der Waals surface area contributed by atoms with E-state index < -0.39 is 0 Å². The van der Waals surface area contributed by atoms with Crippen LogP contribution in [0.5, 0.6) is 5.75 Å². The van der Waals surface area contributed by atoms with E-state index in [9.17, 15) is 9.59 Å². The Morgan fingerprint density at radius 2 is 2.08 bits per heavy atom. The molecule has 0 saturated carbocycles. The summed E-state index contributed by atoms with van der Waals surface area (Å²) >= 11 is 0. The first-order valence-corrected chi connectivity index (χ1v) is 8.78. The van der Waals surface area contributed by atoms with Gasteiger partial charge in [0.15, 0.2) is 0 Å². The van der Waals surface area contributed by atoms with Gasteiger partial charge in [0.05, 0.1) is 12.8 Å². The van der Waals surface area contributed by atoms with Crippen molar-refractivity contribution < 1.29 is 14.3 Å². The Hall–Kier alpha value is -2.89. The monoisotopic (exact) mass is 353 g/mol. The third-order valence-electron chi connectivity index (χ3n) is 4.54. The highest BCUT2D eigenvalue weighted by Crippen LogP contribution is 2.24. The molecule has 1 unspecified atom stereocenters. The molecule has 0 spiro atoms. The summed E-state index contributed by atoms with van der Waals surface area (Å²) < 4.78 is 5.25. The fourth-order valence-electron chi connectivity index (χ4n) is 3.17. The molecule has 2 aromatic rings. The summed E-state index contributed by atoms with van der Waals surface area (Å²) in [6, 6.07) is 10.3. The maximum absolute atomic E-state index is 12.7. The van der Waals surface area contributed by atoms with Gasteiger partial charge in [-0.05, 0) is 43.0 Å². The Kier molecular flexibility index (Phi) is 5.51. The molecule has 26 heavy (non-hydrogen) atoms. The van der Waals surface area contributed by atoms with Crippen LogP contribution in [0.25, 0.3) is 0 Å². The number of rotatable bonds is 4. The van der Waals surface area contributed by atoms with Gasteiger partial charge >= 0.3 is 0 Å². The number of amides is 2. The number of pyridine rings is 1. The second-order valence-corrected chi connectivity index (χ2v) is 6.58. The standard InChI is InChI=1S/C20H23N3O3/c1-14-6-5-11-23(13-14)20(25)17-12-15(9-10-21-17)19(24)22-16-7-3-4-8-18(16)26-2/h3-4,7-10,12,14H,5-6,11,13H2,1-2H3,(H,22,24). The Morgan fingerprint density at radius 3 is 2.85 bits per heavy atom. The summed E-state index contributed by atoms with van der Waals surface area (Å²) in [7, 11) is 1.55. The van der Waals surface area contributed by atoms with Crippen molar-refractivity contribution in [2.24, 2.45) is 5.92 Å². The molecule has 3 rings (SSSR count). The fraction of sp³-hybridized carbons (Fsp3) is 0.350. The Bertz CT molecular complexity index is 806. The van der Waals surface area contributed by atoms with Crippen molar-refractivity contribution in [3.8, 4) is 5.75 Å². The summed E-state index contributed by atoms with van der Waals surface area (Å²) in [5.74, 6) is 0.639. The van der Waals surface area contributed by atoms with Gasteiger partial charge in [-0.1, -0.05) is 19.1 Å². The number of methoxy groups -OCH3 is 1. The number of ether oxygens (including phenoxy) is 1. The smallest absolute Gasteiger partial charge is 0.272 e. The van der Waals surface area contributed by atoms with Crippen LogP contribution in [0, 0.1) is 5.92 Å². The van der Waals surface area contributed by atoms with Gasteiger partial charge in [-0.2, -0.15) is 0 Å². The average molecular weight is 353 g/mol. The Labute approximate surface area is 153 Å². The lowest BCUT2D eigenvalue weighted by Gasteiger charge is -2.30. The zero-order valence-electron chi connectivity index (χ0n) is 15.1. The Morgan fingerprint density at radius 1 is 1.27 bits per heavy atom. The van der Waals surface area contributed by atoms with E-state index in [1.54, 1.807) is 31.4 Å². The molecule has 2 amide bonds. The number of piperidine rings is 1. The van der Waals surface area contributed by atoms with Crippen LogP contribution in [-0.2, 0) is 0 Å². The minimum atomic E-state index is -0.307. The van der Waals surface area contributed by atoms with Crippen molar-refractivity contribution in [1.82, 2.24) is 9.88 Å². The SMILES string of the molecule is COc1ccccc1NC(=O)c1ccnc(C(=O)N2CCCC(C)C2)c1. The molecule has 1 aliphatic heterocycles. The fourth-order valence-corrected chi connectivity index (χ4v) is 3.17. The number of aromatic nitrogens is 1. The van der Waals surface area contributed by atoms with Crippen LogP contribution in [0.15, 0.2) is 42.6 Å². The number of nitrogens with one attached hydrogen (secondary N) is 1. The normalized spacial score (nSPS) is 16.8. The van der Waals surface area contributed by atoms with Gasteiger partial charge < -0.3 is 15.0 Å². The first-order chi connectivity index (χ1) is 12.6. The van der Waals surface area contributed by atoms with Crippen LogP contribution in [0.3, 0.4) is 0 Å². The molecule has 1 fully saturated rings. The summed E-state index contributed by atoms with van der Waals surface area (Å²) in [6.07, 6.45) is 3.64. The van der Waals surface area contributed by atoms with Crippen molar-refractivity contribution in [2.75, 3.05) is 25.5 Å². The van der Waals surface area contributed by atoms with Crippen molar-refractivity contribution >= 4 is 17.5 Å². The lowest BCUT2D eigenvalue weighted by molar-refractivity contribution is 0.0677. The largest absolute Gasteiger partial charge is 0.495 e. The topological polar surface area (TPSA) is 71.5 Å². The number of hydrogen-bond acceptors (Lipinski definition) is 4. The van der Waals surface area contributed by atoms with E-state index in [2.05, 4.69) is 17.2 Å². The van der Waals surface area contributed by atoms with Gasteiger partial charge in [-0.3, -0.25) is 14.6 Å². The molecule has 1 aromatic heterocycles. The van der Waals surface area contributed by atoms with E-state index in [0.29, 0.717) is 28.6 Å². The molecule has 1 N–H and O–H groups in total. The molecule has 136 valence electrons. The maximum atomic E-state index is 12.7. The molecule has 0 radical (unpaired) electrons. The first-order valence-electron chi connectivity index (χ1n) is 8.78. The Balaban J connectivity index is 1.76. The molecular weight excluding hydrogens is 330 g/mol. The molecular formula is C20H23N3O3. The number of anilines is 1. The second kappa shape index (κ2) is 7.99. The lowest BCUT2D eigenvalue weighted by Crippen LogP contribution is -2.39. The van der Waals surface area contributed by atoms with Crippen molar-refractivity contribution in [1.29, 1.82) is 0 Å². The molecule has 6 nitrogen and oxygen atoms in total. The van der Waals surface area contributed by atoms with E-state index in [4.69, 9.17) is 4.74 Å². The van der Waals surface area contributed by atoms with Crippen LogP contribution >= 0.6 is 0 Å². The van der Waals surface area contributed by atoms with E-state index in [1.165, 1.54) is 6.20 Å². The van der Waals surface area contributed by atoms with E-state index in [0.717, 1.165) is 25.9 Å². The third kappa shape index (κ3) is 4.02. The van der Waals surface area contributed by atoms with Gasteiger partial charge in [0, 0.05) is 24.8 Å². The maximum Gasteiger partial charge on any atom is 0.272 e. The molecule has 0 bridgehead atoms. The first kappa shape index (κ1) is 17.9. The van der Waals surface area contributed by atoms with Crippen LogP contribution in [-0.4, -0.2) is 41.9 Å². The molecule has 1 aliphatic rings. The summed E-state index contributed by atoms with van der Waals surface area (Å²) in [5.41, 5.74) is 1.26. The van der Waals surface area contributed by atoms with Crippen molar-refractivity contribution in [3.63, 3.8) is 0 Å². The average Bonchev–Trinajstić information content (AvgIpc) is 2.68. The zero-order valence-corrected chi connectivity index (χ0v) is 15.1. The second-order valence-electron chi connectivity index (χ2n) is 6.58. The highest BCUT2D eigenvalue weighted by atomic mass is 16.5. The number of carbonyl (C=O) groups excluding carboxylic acids is 2.